The van der Waals surface area contributed by atoms with Gasteiger partial charge in [0.25, 0.3) is 0 Å². The summed E-state index contributed by atoms with van der Waals surface area (Å²) >= 11 is 6.26. The van der Waals surface area contributed by atoms with Gasteiger partial charge in [0.1, 0.15) is 5.76 Å². The summed E-state index contributed by atoms with van der Waals surface area (Å²) in [6.45, 7) is 0.777. The van der Waals surface area contributed by atoms with Gasteiger partial charge in [0.05, 0.1) is 11.9 Å². The van der Waals surface area contributed by atoms with E-state index in [1.54, 1.807) is 6.26 Å². The largest absolute Gasteiger partial charge is 0.469 e. The second kappa shape index (κ2) is 3.53. The van der Waals surface area contributed by atoms with Gasteiger partial charge in [-0.1, -0.05) is 0 Å². The summed E-state index contributed by atoms with van der Waals surface area (Å²) in [7, 11) is 0. The molecule has 2 unspecified atom stereocenters. The molecule has 1 aliphatic carbocycles. The minimum atomic E-state index is -0.134. The van der Waals surface area contributed by atoms with Crippen LogP contribution in [-0.2, 0) is 16.8 Å². The number of hydrogen-bond donors (Lipinski definition) is 0. The fourth-order valence-corrected chi connectivity index (χ4v) is 3.21. The van der Waals surface area contributed by atoms with Gasteiger partial charge in [-0.2, -0.15) is 0 Å². The monoisotopic (exact) mass is 226 g/mol. The van der Waals surface area contributed by atoms with E-state index >= 15 is 0 Å². The first-order valence-corrected chi connectivity index (χ1v) is 6.09. The molecule has 2 heterocycles. The van der Waals surface area contributed by atoms with Gasteiger partial charge in [-0.15, -0.1) is 11.6 Å². The fraction of sp³-hybridized carbons (Fsp3) is 0.667. The molecule has 0 saturated carbocycles. The van der Waals surface area contributed by atoms with Gasteiger partial charge in [-0.05, 0) is 31.7 Å². The minimum absolute atomic E-state index is 0.134. The molecule has 1 aromatic heterocycles. The van der Waals surface area contributed by atoms with Crippen LogP contribution in [0, 0.1) is 0 Å². The normalized spacial score (nSPS) is 35.4. The van der Waals surface area contributed by atoms with E-state index in [1.807, 2.05) is 0 Å². The van der Waals surface area contributed by atoms with Crippen molar-refractivity contribution in [3.8, 4) is 0 Å². The summed E-state index contributed by atoms with van der Waals surface area (Å²) in [6.07, 6.45) is 6.95. The zero-order chi connectivity index (χ0) is 10.3. The van der Waals surface area contributed by atoms with Gasteiger partial charge in [0, 0.05) is 24.0 Å². The highest BCUT2D eigenvalue weighted by Gasteiger charge is 2.42. The van der Waals surface area contributed by atoms with E-state index in [0.717, 1.165) is 44.5 Å². The summed E-state index contributed by atoms with van der Waals surface area (Å²) in [4.78, 5) is 0. The van der Waals surface area contributed by atoms with E-state index < -0.39 is 0 Å². The van der Waals surface area contributed by atoms with Gasteiger partial charge in [0.2, 0.25) is 0 Å². The number of furan rings is 1. The highest BCUT2D eigenvalue weighted by Crippen LogP contribution is 2.45. The Morgan fingerprint density at radius 1 is 1.47 bits per heavy atom. The van der Waals surface area contributed by atoms with Gasteiger partial charge >= 0.3 is 0 Å². The maximum Gasteiger partial charge on any atom is 0.109 e. The number of halogens is 1. The average molecular weight is 227 g/mol. The number of ether oxygens (including phenoxy) is 1. The molecule has 3 heteroatoms. The summed E-state index contributed by atoms with van der Waals surface area (Å²) in [6, 6.07) is 2.06. The predicted molar refractivity (Wildman–Crippen MR) is 58.2 cm³/mol. The van der Waals surface area contributed by atoms with Crippen molar-refractivity contribution in [2.75, 3.05) is 6.61 Å². The molecule has 1 aliphatic heterocycles. The van der Waals surface area contributed by atoms with Crippen LogP contribution in [0.5, 0.6) is 0 Å². The lowest BCUT2D eigenvalue weighted by molar-refractivity contribution is -0.0938. The van der Waals surface area contributed by atoms with Crippen molar-refractivity contribution in [1.29, 1.82) is 0 Å². The fourth-order valence-electron chi connectivity index (χ4n) is 2.87. The third-order valence-corrected chi connectivity index (χ3v) is 3.95. The lowest BCUT2D eigenvalue weighted by Gasteiger charge is -2.41. The Labute approximate surface area is 94.6 Å². The maximum atomic E-state index is 6.26. The highest BCUT2D eigenvalue weighted by atomic mass is 35.5. The summed E-state index contributed by atoms with van der Waals surface area (Å²) < 4.78 is 11.5. The van der Waals surface area contributed by atoms with Crippen LogP contribution in [0.25, 0.3) is 0 Å². The molecule has 2 aliphatic rings. The molecule has 82 valence electrons. The second-order valence-electron chi connectivity index (χ2n) is 4.54. The summed E-state index contributed by atoms with van der Waals surface area (Å²) in [5, 5.41) is 0.250. The van der Waals surface area contributed by atoms with E-state index in [9.17, 15) is 0 Å². The highest BCUT2D eigenvalue weighted by molar-refractivity contribution is 6.20. The number of fused-ring (bicyclic) bond motifs is 2. The Bertz CT molecular complexity index is 360. The van der Waals surface area contributed by atoms with E-state index in [0.29, 0.717) is 0 Å². The molecule has 1 saturated heterocycles. The average Bonchev–Trinajstić information content (AvgIpc) is 2.67. The first-order chi connectivity index (χ1) is 7.30. The Kier molecular flexibility index (Phi) is 2.29. The lowest BCUT2D eigenvalue weighted by atomic mass is 9.78. The van der Waals surface area contributed by atoms with Crippen molar-refractivity contribution in [1.82, 2.24) is 0 Å². The molecule has 15 heavy (non-hydrogen) atoms. The Morgan fingerprint density at radius 2 is 2.40 bits per heavy atom. The predicted octanol–water partition coefficient (Wildman–Crippen LogP) is 3.23. The molecular formula is C12H15ClO2. The van der Waals surface area contributed by atoms with Crippen LogP contribution in [0.4, 0.5) is 0 Å². The number of aryl methyl sites for hydroxylation is 1. The topological polar surface area (TPSA) is 22.4 Å². The lowest BCUT2D eigenvalue weighted by Crippen LogP contribution is -2.40. The first kappa shape index (κ1) is 9.73. The quantitative estimate of drug-likeness (QED) is 0.634. The Morgan fingerprint density at radius 3 is 3.27 bits per heavy atom. The van der Waals surface area contributed by atoms with Crippen LogP contribution in [0.2, 0.25) is 0 Å². The molecule has 0 amide bonds. The smallest absolute Gasteiger partial charge is 0.109 e. The van der Waals surface area contributed by atoms with Crippen molar-refractivity contribution in [2.24, 2.45) is 0 Å². The van der Waals surface area contributed by atoms with Crippen molar-refractivity contribution < 1.29 is 9.15 Å². The van der Waals surface area contributed by atoms with Crippen LogP contribution in [0.3, 0.4) is 0 Å². The standard InChI is InChI=1S/C12H15ClO2/c13-9-3-7-15-12(8-9)5-1-2-11-10(12)4-6-14-11/h4,6,9H,1-3,5,7-8H2. The molecule has 1 fully saturated rings. The van der Waals surface area contributed by atoms with Crippen LogP contribution in [-0.4, -0.2) is 12.0 Å². The zero-order valence-corrected chi connectivity index (χ0v) is 9.43. The molecule has 0 radical (unpaired) electrons. The molecule has 1 aromatic rings. The Hall–Kier alpha value is -0.470. The molecule has 0 aromatic carbocycles. The van der Waals surface area contributed by atoms with Gasteiger partial charge in [-0.3, -0.25) is 0 Å². The van der Waals surface area contributed by atoms with Crippen LogP contribution in [0.1, 0.15) is 37.0 Å². The van der Waals surface area contributed by atoms with Crippen molar-refractivity contribution in [2.45, 2.75) is 43.1 Å². The number of alkyl halides is 1. The van der Waals surface area contributed by atoms with E-state index in [1.165, 1.54) is 5.56 Å². The molecule has 3 rings (SSSR count). The minimum Gasteiger partial charge on any atom is -0.469 e. The SMILES string of the molecule is ClC1CCOC2(CCCc3occc32)C1. The molecule has 0 bridgehead atoms. The number of hydrogen-bond acceptors (Lipinski definition) is 2. The van der Waals surface area contributed by atoms with E-state index in [-0.39, 0.29) is 11.0 Å². The number of rotatable bonds is 0. The second-order valence-corrected chi connectivity index (χ2v) is 5.16. The third-order valence-electron chi connectivity index (χ3n) is 3.58. The molecule has 1 spiro atoms. The van der Waals surface area contributed by atoms with E-state index in [2.05, 4.69) is 6.07 Å². The maximum absolute atomic E-state index is 6.26. The summed E-state index contributed by atoms with van der Waals surface area (Å²) in [5.41, 5.74) is 1.12. The zero-order valence-electron chi connectivity index (χ0n) is 8.67. The van der Waals surface area contributed by atoms with Crippen molar-refractivity contribution >= 4 is 11.6 Å². The molecular weight excluding hydrogens is 212 g/mol. The molecule has 2 nitrogen and oxygen atoms in total. The van der Waals surface area contributed by atoms with Gasteiger partial charge in [-0.25, -0.2) is 0 Å². The van der Waals surface area contributed by atoms with Crippen LogP contribution >= 0.6 is 11.6 Å². The van der Waals surface area contributed by atoms with Crippen molar-refractivity contribution in [3.63, 3.8) is 0 Å². The van der Waals surface area contributed by atoms with Gasteiger partial charge < -0.3 is 9.15 Å². The van der Waals surface area contributed by atoms with Crippen LogP contribution in [0.15, 0.2) is 16.7 Å². The van der Waals surface area contributed by atoms with Crippen molar-refractivity contribution in [3.05, 3.63) is 23.7 Å². The van der Waals surface area contributed by atoms with Crippen LogP contribution < -0.4 is 0 Å². The molecule has 2 atom stereocenters. The molecule has 0 N–H and O–H groups in total. The van der Waals surface area contributed by atoms with Gasteiger partial charge in [0.15, 0.2) is 0 Å². The van der Waals surface area contributed by atoms with E-state index in [4.69, 9.17) is 20.8 Å². The Balaban J connectivity index is 1.99. The summed E-state index contributed by atoms with van der Waals surface area (Å²) in [5.74, 6) is 1.10. The first-order valence-electron chi connectivity index (χ1n) is 5.65. The third kappa shape index (κ3) is 1.51.